The zero-order chi connectivity index (χ0) is 4.99. The molecule has 0 saturated heterocycles. The molecule has 0 fully saturated rings. The van der Waals surface area contributed by atoms with Crippen molar-refractivity contribution in [3.8, 4) is 0 Å². The summed E-state index contributed by atoms with van der Waals surface area (Å²) in [6.07, 6.45) is 0. The maximum atomic E-state index is 4.56. The van der Waals surface area contributed by atoms with Crippen molar-refractivity contribution in [2.24, 2.45) is 0 Å². The van der Waals surface area contributed by atoms with Crippen molar-refractivity contribution in [3.63, 3.8) is 0 Å². The van der Waals surface area contributed by atoms with Crippen molar-refractivity contribution in [1.82, 2.24) is 4.72 Å². The average Bonchev–Trinajstić information content (AvgIpc) is 1.65. The predicted molar refractivity (Wildman–Crippen MR) is 41.3 cm³/mol. The summed E-state index contributed by atoms with van der Waals surface area (Å²) in [7, 11) is 1.16. The molecule has 0 atom stereocenters. The zero-order valence-corrected chi connectivity index (χ0v) is 6.13. The van der Waals surface area contributed by atoms with E-state index in [0.29, 0.717) is 4.32 Å². The molecule has 5 heteroatoms. The summed E-state index contributed by atoms with van der Waals surface area (Å²) in [6, 6.07) is 0. The average molecular weight is 157 g/mol. The Balaban J connectivity index is 2.99. The molecule has 0 aromatic rings. The molecule has 0 aliphatic heterocycles. The van der Waals surface area contributed by atoms with Gasteiger partial charge in [0.05, 0.1) is 0 Å². The van der Waals surface area contributed by atoms with E-state index in [-0.39, 0.29) is 0 Å². The van der Waals surface area contributed by atoms with Crippen molar-refractivity contribution in [1.29, 1.82) is 0 Å². The Labute approximate surface area is 56.6 Å². The van der Waals surface area contributed by atoms with Crippen LogP contribution in [0.1, 0.15) is 0 Å². The first kappa shape index (κ1) is 6.94. The highest BCUT2D eigenvalue weighted by atomic mass is 33.1. The lowest BCUT2D eigenvalue weighted by molar-refractivity contribution is 1.68. The Morgan fingerprint density at radius 1 is 1.83 bits per heavy atom. The molecule has 0 aliphatic carbocycles. The monoisotopic (exact) mass is 157 g/mol. The largest absolute Gasteiger partial charge is 0.317 e. The number of nitrogens with one attached hydrogen (secondary N) is 1. The minimum Gasteiger partial charge on any atom is -0.317 e. The Morgan fingerprint density at radius 3 is 2.33 bits per heavy atom. The van der Waals surface area contributed by atoms with Crippen LogP contribution in [0.3, 0.4) is 0 Å². The summed E-state index contributed by atoms with van der Waals surface area (Å²) in [5.74, 6) is 0. The van der Waals surface area contributed by atoms with Gasteiger partial charge in [0.2, 0.25) is 0 Å². The summed E-state index contributed by atoms with van der Waals surface area (Å²) >= 11 is 11.9. The van der Waals surface area contributed by atoms with Crippen LogP contribution in [0, 0.1) is 0 Å². The molecule has 0 bridgehead atoms. The highest BCUT2D eigenvalue weighted by molar-refractivity contribution is 8.76. The first-order valence-corrected chi connectivity index (χ1v) is 3.79. The second-order valence-electron chi connectivity index (χ2n) is 0.491. The van der Waals surface area contributed by atoms with Crippen LogP contribution in [-0.2, 0) is 0 Å². The van der Waals surface area contributed by atoms with Crippen LogP contribution in [0.4, 0.5) is 0 Å². The van der Waals surface area contributed by atoms with Crippen molar-refractivity contribution >= 4 is 51.8 Å². The maximum Gasteiger partial charge on any atom is 0.153 e. The van der Waals surface area contributed by atoms with Gasteiger partial charge in [-0.25, -0.2) is 0 Å². The van der Waals surface area contributed by atoms with E-state index in [4.69, 9.17) is 0 Å². The molecule has 0 aromatic carbocycles. The number of hydrogen-bond acceptors (Lipinski definition) is 4. The van der Waals surface area contributed by atoms with E-state index in [0.717, 1.165) is 10.8 Å². The number of thiol groups is 2. The third-order valence-corrected chi connectivity index (χ3v) is 2.24. The molecule has 0 amide bonds. The molecule has 0 spiro atoms. The third-order valence-electron chi connectivity index (χ3n) is 0.174. The fourth-order valence-electron chi connectivity index (χ4n) is 0.0204. The highest BCUT2D eigenvalue weighted by Crippen LogP contribution is 2.05. The zero-order valence-electron chi connectivity index (χ0n) is 2.71. The van der Waals surface area contributed by atoms with Gasteiger partial charge in [0.1, 0.15) is 0 Å². The SMILES string of the molecule is S=C(NS)SS. The van der Waals surface area contributed by atoms with E-state index in [1.807, 2.05) is 0 Å². The normalized spacial score (nSPS) is 7.67. The molecule has 1 nitrogen and oxygen atoms in total. The van der Waals surface area contributed by atoms with E-state index in [1.54, 1.807) is 0 Å². The molecular formula is CH3NS4. The minimum absolute atomic E-state index is 0.571. The van der Waals surface area contributed by atoms with E-state index in [1.165, 1.54) is 0 Å². The Bertz CT molecular complexity index is 45.5. The van der Waals surface area contributed by atoms with Crippen molar-refractivity contribution in [3.05, 3.63) is 0 Å². The van der Waals surface area contributed by atoms with Crippen LogP contribution < -0.4 is 4.72 Å². The van der Waals surface area contributed by atoms with Crippen molar-refractivity contribution < 1.29 is 0 Å². The molecule has 36 valence electrons. The predicted octanol–water partition coefficient (Wildman–Crippen LogP) is 1.28. The molecule has 0 unspecified atom stereocenters. The minimum atomic E-state index is 0.571. The second-order valence-corrected chi connectivity index (χ2v) is 2.52. The topological polar surface area (TPSA) is 12.0 Å². The van der Waals surface area contributed by atoms with E-state index >= 15 is 0 Å². The van der Waals surface area contributed by atoms with Gasteiger partial charge in [0, 0.05) is 0 Å². The van der Waals surface area contributed by atoms with E-state index in [9.17, 15) is 0 Å². The number of rotatable bonds is 0. The molecule has 0 rings (SSSR count). The summed E-state index contributed by atoms with van der Waals surface area (Å²) in [5.41, 5.74) is 0. The smallest absolute Gasteiger partial charge is 0.153 e. The van der Waals surface area contributed by atoms with Crippen LogP contribution in [0.2, 0.25) is 0 Å². The third kappa shape index (κ3) is 3.14. The molecule has 0 saturated carbocycles. The van der Waals surface area contributed by atoms with Gasteiger partial charge in [-0.05, 0) is 10.8 Å². The molecule has 6 heavy (non-hydrogen) atoms. The summed E-state index contributed by atoms with van der Waals surface area (Å²) in [4.78, 5) is 0. The first-order chi connectivity index (χ1) is 2.81. The van der Waals surface area contributed by atoms with Crippen LogP contribution in [0.5, 0.6) is 0 Å². The second kappa shape index (κ2) is 4.11. The van der Waals surface area contributed by atoms with Crippen LogP contribution >= 0.6 is 47.5 Å². The van der Waals surface area contributed by atoms with Gasteiger partial charge in [-0.15, -0.1) is 11.7 Å². The lowest BCUT2D eigenvalue weighted by Gasteiger charge is -1.88. The maximum absolute atomic E-state index is 4.56. The van der Waals surface area contributed by atoms with Crippen LogP contribution in [-0.4, -0.2) is 4.32 Å². The Kier molecular flexibility index (Phi) is 4.75. The van der Waals surface area contributed by atoms with Gasteiger partial charge < -0.3 is 4.72 Å². The quantitative estimate of drug-likeness (QED) is 0.278. The standard InChI is InChI=1S/CH3NS4/c3-1(2-4)6-5/h4-5H,(H,2,3). The summed E-state index contributed by atoms with van der Waals surface area (Å²) in [6.45, 7) is 0. The summed E-state index contributed by atoms with van der Waals surface area (Å²) in [5, 5.41) is 0. The van der Waals surface area contributed by atoms with E-state index < -0.39 is 0 Å². The van der Waals surface area contributed by atoms with Crippen molar-refractivity contribution in [2.45, 2.75) is 0 Å². The van der Waals surface area contributed by atoms with Gasteiger partial charge in [0.15, 0.2) is 4.32 Å². The van der Waals surface area contributed by atoms with Gasteiger partial charge in [-0.1, -0.05) is 25.0 Å². The van der Waals surface area contributed by atoms with Crippen LogP contribution in [0.15, 0.2) is 0 Å². The lowest BCUT2D eigenvalue weighted by Crippen LogP contribution is -2.00. The summed E-state index contributed by atoms with van der Waals surface area (Å²) < 4.78 is 3.00. The fraction of sp³-hybridized carbons (Fsp3) is 0. The highest BCUT2D eigenvalue weighted by Gasteiger charge is 1.81. The number of hydrogen-bond donors (Lipinski definition) is 3. The Morgan fingerprint density at radius 2 is 2.33 bits per heavy atom. The van der Waals surface area contributed by atoms with Gasteiger partial charge in [-0.3, -0.25) is 0 Å². The van der Waals surface area contributed by atoms with Gasteiger partial charge in [-0.2, -0.15) is 0 Å². The number of thiocarbonyl (C=S) groups is 1. The molecule has 0 radical (unpaired) electrons. The first-order valence-electron chi connectivity index (χ1n) is 1.06. The Hall–Kier alpha value is 0.940. The molecule has 1 N–H and O–H groups in total. The van der Waals surface area contributed by atoms with Crippen LogP contribution in [0.25, 0.3) is 0 Å². The van der Waals surface area contributed by atoms with Crippen molar-refractivity contribution in [2.75, 3.05) is 0 Å². The van der Waals surface area contributed by atoms with Gasteiger partial charge in [0.25, 0.3) is 0 Å². The fourth-order valence-corrected chi connectivity index (χ4v) is 0.551. The van der Waals surface area contributed by atoms with Gasteiger partial charge >= 0.3 is 0 Å². The molecule has 0 heterocycles. The lowest BCUT2D eigenvalue weighted by atomic mass is 11.5. The molecule has 0 aromatic heterocycles. The molecule has 0 aliphatic rings. The molecular weight excluding hydrogens is 154 g/mol. The van der Waals surface area contributed by atoms with E-state index in [2.05, 4.69) is 41.4 Å².